The lowest BCUT2D eigenvalue weighted by Crippen LogP contribution is -2.15. The summed E-state index contributed by atoms with van der Waals surface area (Å²) in [6.45, 7) is 5.56. The minimum atomic E-state index is -2.87. The van der Waals surface area contributed by atoms with Gasteiger partial charge >= 0.3 is 8.25 Å². The Balaban J connectivity index is 0. The molecular formula is C5H14O4P+. The van der Waals surface area contributed by atoms with Crippen molar-refractivity contribution >= 4 is 8.25 Å². The van der Waals surface area contributed by atoms with Crippen LogP contribution in [-0.2, 0) is 4.57 Å². The van der Waals surface area contributed by atoms with Crippen molar-refractivity contribution in [2.45, 2.75) is 32.8 Å². The Morgan fingerprint density at radius 3 is 1.50 bits per heavy atom. The van der Waals surface area contributed by atoms with Crippen molar-refractivity contribution in [2.24, 2.45) is 0 Å². The first kappa shape index (κ1) is 12.6. The summed E-state index contributed by atoms with van der Waals surface area (Å²) in [6.07, 6.45) is 0.826. The molecule has 3 N–H and O–H groups in total. The van der Waals surface area contributed by atoms with Gasteiger partial charge in [0.25, 0.3) is 0 Å². The molecule has 0 aromatic carbocycles. The van der Waals surface area contributed by atoms with Gasteiger partial charge in [-0.3, -0.25) is 0 Å². The van der Waals surface area contributed by atoms with Crippen LogP contribution in [0.2, 0.25) is 0 Å². The number of aliphatic hydroxyl groups is 1. The fourth-order valence-corrected chi connectivity index (χ4v) is 0. The molecule has 0 aromatic heterocycles. The predicted molar refractivity (Wildman–Crippen MR) is 38.6 cm³/mol. The van der Waals surface area contributed by atoms with E-state index in [1.165, 1.54) is 0 Å². The molecule has 0 saturated heterocycles. The number of hydrogen-bond acceptors (Lipinski definition) is 2. The molecule has 62 valence electrons. The first-order valence-corrected chi connectivity index (χ1v) is 4.03. The molecule has 0 unspecified atom stereocenters. The van der Waals surface area contributed by atoms with E-state index in [9.17, 15) is 0 Å². The van der Waals surface area contributed by atoms with E-state index < -0.39 is 13.9 Å². The van der Waals surface area contributed by atoms with E-state index in [2.05, 4.69) is 0 Å². The van der Waals surface area contributed by atoms with Crippen LogP contribution in [0.1, 0.15) is 27.2 Å². The highest BCUT2D eigenvalue weighted by Crippen LogP contribution is 2.03. The van der Waals surface area contributed by atoms with E-state index in [1.54, 1.807) is 13.8 Å². The molecule has 0 heterocycles. The van der Waals surface area contributed by atoms with Crippen LogP contribution >= 0.6 is 8.25 Å². The van der Waals surface area contributed by atoms with E-state index in [0.717, 1.165) is 6.42 Å². The topological polar surface area (TPSA) is 77.8 Å². The van der Waals surface area contributed by atoms with Crippen molar-refractivity contribution in [3.63, 3.8) is 0 Å². The standard InChI is InChI=1S/C5H12O.HO3P/c1-4-5(2,3)6;1-4(2)3/h6H,4H2,1-3H3;(H-,1,2,3)/p+1. The molecule has 0 radical (unpaired) electrons. The van der Waals surface area contributed by atoms with Gasteiger partial charge in [0.1, 0.15) is 0 Å². The van der Waals surface area contributed by atoms with Crippen LogP contribution in [0, 0.1) is 0 Å². The van der Waals surface area contributed by atoms with E-state index >= 15 is 0 Å². The quantitative estimate of drug-likeness (QED) is 0.507. The minimum absolute atomic E-state index is 0.458. The van der Waals surface area contributed by atoms with E-state index in [-0.39, 0.29) is 0 Å². The fraction of sp³-hybridized carbons (Fsp3) is 1.00. The average molecular weight is 169 g/mol. The zero-order chi connectivity index (χ0) is 8.78. The van der Waals surface area contributed by atoms with Gasteiger partial charge in [0.15, 0.2) is 0 Å². The Labute approximate surface area is 61.5 Å². The van der Waals surface area contributed by atoms with Gasteiger partial charge in [-0.25, -0.2) is 0 Å². The third-order valence-electron chi connectivity index (χ3n) is 0.865. The molecule has 0 aliphatic heterocycles. The second kappa shape index (κ2) is 5.74. The van der Waals surface area contributed by atoms with Crippen LogP contribution in [0.4, 0.5) is 0 Å². The van der Waals surface area contributed by atoms with E-state index in [0.29, 0.717) is 0 Å². The Morgan fingerprint density at radius 2 is 1.50 bits per heavy atom. The third kappa shape index (κ3) is 43.8. The van der Waals surface area contributed by atoms with Gasteiger partial charge in [0.05, 0.1) is 5.60 Å². The Morgan fingerprint density at radius 1 is 1.40 bits per heavy atom. The SMILES string of the molecule is CCC(C)(C)O.O=[P+](O)O. The van der Waals surface area contributed by atoms with Crippen LogP contribution in [0.25, 0.3) is 0 Å². The second-order valence-corrected chi connectivity index (χ2v) is 2.92. The molecule has 0 bridgehead atoms. The van der Waals surface area contributed by atoms with Crippen molar-refractivity contribution < 1.29 is 19.5 Å². The highest BCUT2D eigenvalue weighted by molar-refractivity contribution is 7.30. The summed E-state index contributed by atoms with van der Waals surface area (Å²) in [5, 5.41) is 8.83. The maximum Gasteiger partial charge on any atom is 0.692 e. The van der Waals surface area contributed by atoms with Crippen molar-refractivity contribution in [3.8, 4) is 0 Å². The first-order chi connectivity index (χ1) is 4.29. The summed E-state index contributed by atoms with van der Waals surface area (Å²) in [6, 6.07) is 0. The van der Waals surface area contributed by atoms with Crippen molar-refractivity contribution in [2.75, 3.05) is 0 Å². The summed E-state index contributed by atoms with van der Waals surface area (Å²) in [4.78, 5) is 14.2. The second-order valence-electron chi connectivity index (χ2n) is 2.42. The highest BCUT2D eigenvalue weighted by Gasteiger charge is 2.05. The third-order valence-corrected chi connectivity index (χ3v) is 0.865. The predicted octanol–water partition coefficient (Wildman–Crippen LogP) is 0.796. The first-order valence-electron chi connectivity index (χ1n) is 2.87. The molecule has 10 heavy (non-hydrogen) atoms. The van der Waals surface area contributed by atoms with E-state index in [1.807, 2.05) is 6.92 Å². The van der Waals surface area contributed by atoms with Crippen molar-refractivity contribution in [1.29, 1.82) is 0 Å². The maximum absolute atomic E-state index is 8.83. The van der Waals surface area contributed by atoms with Crippen LogP contribution in [0.3, 0.4) is 0 Å². The van der Waals surface area contributed by atoms with Crippen molar-refractivity contribution in [3.05, 3.63) is 0 Å². The largest absolute Gasteiger partial charge is 0.692 e. The van der Waals surface area contributed by atoms with Gasteiger partial charge in [-0.2, -0.15) is 0 Å². The molecule has 0 atom stereocenters. The van der Waals surface area contributed by atoms with Gasteiger partial charge < -0.3 is 5.11 Å². The van der Waals surface area contributed by atoms with Gasteiger partial charge in [-0.1, -0.05) is 6.92 Å². The van der Waals surface area contributed by atoms with Crippen LogP contribution in [0.15, 0.2) is 0 Å². The molecule has 0 fully saturated rings. The smallest absolute Gasteiger partial charge is 0.390 e. The zero-order valence-electron chi connectivity index (χ0n) is 6.40. The zero-order valence-corrected chi connectivity index (χ0v) is 7.30. The molecule has 0 aliphatic rings. The van der Waals surface area contributed by atoms with Crippen molar-refractivity contribution in [1.82, 2.24) is 0 Å². The molecule has 0 aliphatic carbocycles. The Bertz CT molecular complexity index is 92.3. The average Bonchev–Trinajstić information content (AvgIpc) is 1.63. The fourth-order valence-electron chi connectivity index (χ4n) is 0. The lowest BCUT2D eigenvalue weighted by atomic mass is 10.1. The maximum atomic E-state index is 8.83. The summed E-state index contributed by atoms with van der Waals surface area (Å²) in [5.41, 5.74) is -0.458. The van der Waals surface area contributed by atoms with Crippen LogP contribution < -0.4 is 0 Å². The molecule has 4 nitrogen and oxygen atoms in total. The monoisotopic (exact) mass is 169 g/mol. The summed E-state index contributed by atoms with van der Waals surface area (Å²) in [5.74, 6) is 0. The molecule has 5 heteroatoms. The minimum Gasteiger partial charge on any atom is -0.390 e. The lowest BCUT2D eigenvalue weighted by molar-refractivity contribution is 0.0765. The molecule has 0 spiro atoms. The summed E-state index contributed by atoms with van der Waals surface area (Å²) >= 11 is 0. The summed E-state index contributed by atoms with van der Waals surface area (Å²) in [7, 11) is -2.87. The highest BCUT2D eigenvalue weighted by atomic mass is 31.1. The van der Waals surface area contributed by atoms with E-state index in [4.69, 9.17) is 19.5 Å². The van der Waals surface area contributed by atoms with Crippen LogP contribution in [0.5, 0.6) is 0 Å². The number of rotatable bonds is 1. The van der Waals surface area contributed by atoms with Gasteiger partial charge in [-0.05, 0) is 20.3 Å². The molecule has 0 saturated carbocycles. The van der Waals surface area contributed by atoms with Gasteiger partial charge in [0.2, 0.25) is 0 Å². The molecule has 0 rings (SSSR count). The molecule has 0 amide bonds. The Hall–Kier alpha value is -0.0200. The lowest BCUT2D eigenvalue weighted by Gasteiger charge is -2.11. The van der Waals surface area contributed by atoms with Gasteiger partial charge in [0, 0.05) is 4.57 Å². The van der Waals surface area contributed by atoms with Gasteiger partial charge in [-0.15, -0.1) is 9.79 Å². The molecule has 0 aromatic rings. The summed E-state index contributed by atoms with van der Waals surface area (Å²) < 4.78 is 8.70. The Kier molecular flexibility index (Phi) is 7.26. The number of hydrogen-bond donors (Lipinski definition) is 3. The molecular weight excluding hydrogens is 155 g/mol. The van der Waals surface area contributed by atoms with Crippen LogP contribution in [-0.4, -0.2) is 20.5 Å². The normalized spacial score (nSPS) is 9.80.